The van der Waals surface area contributed by atoms with Crippen LogP contribution in [0.1, 0.15) is 26.7 Å². The monoisotopic (exact) mass is 126 g/mol. The van der Waals surface area contributed by atoms with Crippen LogP contribution in [-0.4, -0.2) is 12.2 Å². The van der Waals surface area contributed by atoms with Gasteiger partial charge in [-0.25, -0.2) is 0 Å². The van der Waals surface area contributed by atoms with E-state index in [4.69, 9.17) is 4.74 Å². The molecule has 1 saturated heterocycles. The summed E-state index contributed by atoms with van der Waals surface area (Å²) in [5.41, 5.74) is 1.27. The first kappa shape index (κ1) is 6.81. The molecular weight excluding hydrogens is 112 g/mol. The normalized spacial score (nSPS) is 35.6. The van der Waals surface area contributed by atoms with E-state index >= 15 is 0 Å². The highest BCUT2D eigenvalue weighted by molar-refractivity contribution is 5.07. The quantitative estimate of drug-likeness (QED) is 0.489. The van der Waals surface area contributed by atoms with Gasteiger partial charge >= 0.3 is 0 Å². The number of ether oxygens (including phenoxy) is 1. The van der Waals surface area contributed by atoms with Gasteiger partial charge in [0.25, 0.3) is 0 Å². The van der Waals surface area contributed by atoms with Crippen molar-refractivity contribution in [2.75, 3.05) is 0 Å². The number of hydrogen-bond acceptors (Lipinski definition) is 1. The van der Waals surface area contributed by atoms with Gasteiger partial charge < -0.3 is 4.74 Å². The molecule has 1 rings (SSSR count). The highest BCUT2D eigenvalue weighted by atomic mass is 16.5. The van der Waals surface area contributed by atoms with Crippen LogP contribution in [0.4, 0.5) is 0 Å². The molecule has 1 fully saturated rings. The fraction of sp³-hybridized carbons (Fsp3) is 0.750. The Morgan fingerprint density at radius 2 is 2.44 bits per heavy atom. The Labute approximate surface area is 56.7 Å². The van der Waals surface area contributed by atoms with Gasteiger partial charge in [0.1, 0.15) is 0 Å². The van der Waals surface area contributed by atoms with E-state index in [1.165, 1.54) is 5.57 Å². The smallest absolute Gasteiger partial charge is 0.0784 e. The molecule has 0 N–H and O–H groups in total. The summed E-state index contributed by atoms with van der Waals surface area (Å²) in [6.07, 6.45) is 2.88. The lowest BCUT2D eigenvalue weighted by atomic mass is 10.1. The third kappa shape index (κ3) is 1.33. The van der Waals surface area contributed by atoms with E-state index in [9.17, 15) is 0 Å². The largest absolute Gasteiger partial charge is 0.371 e. The van der Waals surface area contributed by atoms with Crippen molar-refractivity contribution in [2.45, 2.75) is 38.9 Å². The van der Waals surface area contributed by atoms with Crippen molar-refractivity contribution in [3.63, 3.8) is 0 Å². The molecule has 0 spiro atoms. The van der Waals surface area contributed by atoms with Crippen molar-refractivity contribution < 1.29 is 4.74 Å². The molecule has 1 aliphatic rings. The SMILES string of the molecule is C=C1C[C@H](C)OC1CC. The zero-order valence-corrected chi connectivity index (χ0v) is 6.18. The predicted octanol–water partition coefficient (Wildman–Crippen LogP) is 2.13. The Bertz CT molecular complexity index is 118. The minimum Gasteiger partial charge on any atom is -0.371 e. The first-order chi connectivity index (χ1) is 4.24. The highest BCUT2D eigenvalue weighted by Crippen LogP contribution is 2.25. The molecule has 0 aromatic heterocycles. The summed E-state index contributed by atoms with van der Waals surface area (Å²) in [4.78, 5) is 0. The van der Waals surface area contributed by atoms with Crippen molar-refractivity contribution in [2.24, 2.45) is 0 Å². The summed E-state index contributed by atoms with van der Waals surface area (Å²) in [5.74, 6) is 0. The van der Waals surface area contributed by atoms with E-state index in [0.717, 1.165) is 12.8 Å². The summed E-state index contributed by atoms with van der Waals surface area (Å²) in [6, 6.07) is 0. The van der Waals surface area contributed by atoms with Crippen molar-refractivity contribution in [1.82, 2.24) is 0 Å². The van der Waals surface area contributed by atoms with Crippen LogP contribution in [0.25, 0.3) is 0 Å². The molecular formula is C8H14O. The molecule has 2 atom stereocenters. The molecule has 1 nitrogen and oxygen atoms in total. The molecule has 0 radical (unpaired) electrons. The minimum atomic E-state index is 0.347. The van der Waals surface area contributed by atoms with Gasteiger partial charge in [0, 0.05) is 0 Å². The van der Waals surface area contributed by atoms with E-state index in [1.807, 2.05) is 0 Å². The molecule has 1 aliphatic heterocycles. The second-order valence-electron chi connectivity index (χ2n) is 2.71. The molecule has 0 amide bonds. The van der Waals surface area contributed by atoms with Crippen LogP contribution in [0.2, 0.25) is 0 Å². The van der Waals surface area contributed by atoms with Gasteiger partial charge in [-0.05, 0) is 25.3 Å². The maximum atomic E-state index is 5.52. The molecule has 1 heterocycles. The zero-order valence-electron chi connectivity index (χ0n) is 6.18. The Kier molecular flexibility index (Phi) is 1.91. The maximum absolute atomic E-state index is 5.52. The Morgan fingerprint density at radius 3 is 2.67 bits per heavy atom. The van der Waals surface area contributed by atoms with Gasteiger partial charge in [-0.15, -0.1) is 0 Å². The van der Waals surface area contributed by atoms with Crippen LogP contribution in [-0.2, 0) is 4.74 Å². The van der Waals surface area contributed by atoms with Gasteiger partial charge in [-0.2, -0.15) is 0 Å². The van der Waals surface area contributed by atoms with Crippen molar-refractivity contribution in [1.29, 1.82) is 0 Å². The standard InChI is InChI=1S/C8H14O/c1-4-8-6(2)5-7(3)9-8/h7-8H,2,4-5H2,1,3H3/t7-,8?/m0/s1. The summed E-state index contributed by atoms with van der Waals surface area (Å²) in [5, 5.41) is 0. The predicted molar refractivity (Wildman–Crippen MR) is 38.4 cm³/mol. The van der Waals surface area contributed by atoms with Gasteiger partial charge in [0.05, 0.1) is 12.2 Å². The van der Waals surface area contributed by atoms with E-state index in [2.05, 4.69) is 20.4 Å². The van der Waals surface area contributed by atoms with E-state index < -0.39 is 0 Å². The van der Waals surface area contributed by atoms with Crippen LogP contribution in [0, 0.1) is 0 Å². The molecule has 9 heavy (non-hydrogen) atoms. The minimum absolute atomic E-state index is 0.347. The lowest BCUT2D eigenvalue weighted by Crippen LogP contribution is -2.06. The van der Waals surface area contributed by atoms with E-state index in [-0.39, 0.29) is 0 Å². The number of hydrogen-bond donors (Lipinski definition) is 0. The maximum Gasteiger partial charge on any atom is 0.0784 e. The molecule has 0 aliphatic carbocycles. The van der Waals surface area contributed by atoms with Crippen molar-refractivity contribution in [3.05, 3.63) is 12.2 Å². The molecule has 52 valence electrons. The lowest BCUT2D eigenvalue weighted by molar-refractivity contribution is 0.0622. The molecule has 0 aromatic carbocycles. The molecule has 0 aromatic rings. The summed E-state index contributed by atoms with van der Waals surface area (Å²) in [7, 11) is 0. The van der Waals surface area contributed by atoms with E-state index in [1.54, 1.807) is 0 Å². The Morgan fingerprint density at radius 1 is 1.78 bits per heavy atom. The third-order valence-corrected chi connectivity index (χ3v) is 1.77. The van der Waals surface area contributed by atoms with Crippen LogP contribution < -0.4 is 0 Å². The summed E-state index contributed by atoms with van der Waals surface area (Å²) < 4.78 is 5.52. The fourth-order valence-corrected chi connectivity index (χ4v) is 1.31. The van der Waals surface area contributed by atoms with Crippen LogP contribution in [0.3, 0.4) is 0 Å². The first-order valence-corrected chi connectivity index (χ1v) is 3.57. The third-order valence-electron chi connectivity index (χ3n) is 1.77. The summed E-state index contributed by atoms with van der Waals surface area (Å²) >= 11 is 0. The lowest BCUT2D eigenvalue weighted by Gasteiger charge is -2.06. The second-order valence-corrected chi connectivity index (χ2v) is 2.71. The molecule has 1 heteroatoms. The van der Waals surface area contributed by atoms with Crippen LogP contribution in [0.5, 0.6) is 0 Å². The van der Waals surface area contributed by atoms with E-state index in [0.29, 0.717) is 12.2 Å². The van der Waals surface area contributed by atoms with Crippen molar-refractivity contribution >= 4 is 0 Å². The molecule has 0 saturated carbocycles. The van der Waals surface area contributed by atoms with Gasteiger partial charge in [-0.1, -0.05) is 13.5 Å². The van der Waals surface area contributed by atoms with Gasteiger partial charge in [0.2, 0.25) is 0 Å². The van der Waals surface area contributed by atoms with Gasteiger partial charge in [-0.3, -0.25) is 0 Å². The average molecular weight is 126 g/mol. The second kappa shape index (κ2) is 2.53. The topological polar surface area (TPSA) is 9.23 Å². The fourth-order valence-electron chi connectivity index (χ4n) is 1.31. The molecule has 1 unspecified atom stereocenters. The van der Waals surface area contributed by atoms with Crippen LogP contribution in [0.15, 0.2) is 12.2 Å². The Hall–Kier alpha value is -0.300. The van der Waals surface area contributed by atoms with Crippen molar-refractivity contribution in [3.8, 4) is 0 Å². The van der Waals surface area contributed by atoms with Gasteiger partial charge in [0.15, 0.2) is 0 Å². The molecule has 0 bridgehead atoms. The first-order valence-electron chi connectivity index (χ1n) is 3.57. The average Bonchev–Trinajstić information content (AvgIpc) is 2.10. The van der Waals surface area contributed by atoms with Crippen LogP contribution >= 0.6 is 0 Å². The number of rotatable bonds is 1. The summed E-state index contributed by atoms with van der Waals surface area (Å²) in [6.45, 7) is 8.16. The zero-order chi connectivity index (χ0) is 6.85. The Balaban J connectivity index is 2.48. The highest BCUT2D eigenvalue weighted by Gasteiger charge is 2.23.